The number of carbonyl (C=O) groups excluding carboxylic acids is 1. The number of carbonyl (C=O) groups is 1. The van der Waals surface area contributed by atoms with Gasteiger partial charge in [-0.25, -0.2) is 4.79 Å². The average Bonchev–Trinajstić information content (AvgIpc) is 2.49. The quantitative estimate of drug-likeness (QED) is 0.586. The van der Waals surface area contributed by atoms with Crippen LogP contribution in [0.25, 0.3) is 0 Å². The van der Waals surface area contributed by atoms with Gasteiger partial charge >= 0.3 is 5.97 Å². The van der Waals surface area contributed by atoms with Gasteiger partial charge in [0, 0.05) is 36.2 Å². The van der Waals surface area contributed by atoms with Crippen molar-refractivity contribution in [2.24, 2.45) is 0 Å². The molecule has 0 spiro atoms. The second-order valence-electron chi connectivity index (χ2n) is 8.12. The Morgan fingerprint density at radius 3 is 2.32 bits per heavy atom. The molecular formula is C19H30N2O4. The van der Waals surface area contributed by atoms with Gasteiger partial charge in [-0.2, -0.15) is 0 Å². The minimum absolute atomic E-state index is 0.0754. The van der Waals surface area contributed by atoms with Crippen LogP contribution in [-0.4, -0.2) is 52.6 Å². The van der Waals surface area contributed by atoms with Crippen LogP contribution in [0.15, 0.2) is 24.3 Å². The van der Waals surface area contributed by atoms with Gasteiger partial charge in [-0.05, 0) is 52.0 Å². The second-order valence-corrected chi connectivity index (χ2v) is 8.12. The molecular weight excluding hydrogens is 320 g/mol. The Labute approximate surface area is 149 Å². The average molecular weight is 350 g/mol. The summed E-state index contributed by atoms with van der Waals surface area (Å²) < 4.78 is 5.73. The maximum Gasteiger partial charge on any atom is 0.338 e. The van der Waals surface area contributed by atoms with Crippen LogP contribution in [-0.2, 0) is 4.74 Å². The molecule has 0 saturated carbocycles. The van der Waals surface area contributed by atoms with Crippen LogP contribution in [0.1, 0.15) is 50.9 Å². The fraction of sp³-hybridized carbons (Fsp3) is 0.632. The molecule has 1 heterocycles. The summed E-state index contributed by atoms with van der Waals surface area (Å²) in [5.74, 6) is -0.319. The van der Waals surface area contributed by atoms with Gasteiger partial charge < -0.3 is 25.6 Å². The SMILES string of the molecule is CC1(C)CC(OC(=O)c2ccc(NCC(O)CO)cc2)CC(C)(C)N1. The van der Waals surface area contributed by atoms with E-state index in [-0.39, 0.29) is 36.3 Å². The fourth-order valence-electron chi connectivity index (χ4n) is 3.56. The summed E-state index contributed by atoms with van der Waals surface area (Å²) in [6.07, 6.45) is 0.634. The van der Waals surface area contributed by atoms with Crippen molar-refractivity contribution < 1.29 is 19.7 Å². The summed E-state index contributed by atoms with van der Waals surface area (Å²) in [7, 11) is 0. The first kappa shape index (κ1) is 19.7. The molecule has 1 atom stereocenters. The third-order valence-electron chi connectivity index (χ3n) is 4.30. The monoisotopic (exact) mass is 350 g/mol. The number of piperidine rings is 1. The highest BCUT2D eigenvalue weighted by Gasteiger charge is 2.39. The summed E-state index contributed by atoms with van der Waals surface area (Å²) in [4.78, 5) is 12.4. The van der Waals surface area contributed by atoms with Gasteiger partial charge in [0.05, 0.1) is 18.3 Å². The third-order valence-corrected chi connectivity index (χ3v) is 4.30. The Balaban J connectivity index is 1.94. The molecule has 6 heteroatoms. The van der Waals surface area contributed by atoms with Gasteiger partial charge in [0.1, 0.15) is 6.10 Å². The summed E-state index contributed by atoms with van der Waals surface area (Å²) in [6, 6.07) is 6.93. The molecule has 25 heavy (non-hydrogen) atoms. The van der Waals surface area contributed by atoms with E-state index in [0.717, 1.165) is 18.5 Å². The summed E-state index contributed by atoms with van der Waals surface area (Å²) >= 11 is 0. The minimum Gasteiger partial charge on any atom is -0.459 e. The Morgan fingerprint density at radius 1 is 1.24 bits per heavy atom. The van der Waals surface area contributed by atoms with Crippen LogP contribution in [0, 0.1) is 0 Å². The van der Waals surface area contributed by atoms with Crippen molar-refractivity contribution in [3.05, 3.63) is 29.8 Å². The molecule has 1 unspecified atom stereocenters. The normalized spacial score (nSPS) is 20.7. The molecule has 1 aromatic carbocycles. The Kier molecular flexibility index (Phi) is 6.08. The zero-order chi connectivity index (χ0) is 18.7. The van der Waals surface area contributed by atoms with Crippen LogP contribution in [0.2, 0.25) is 0 Å². The van der Waals surface area contributed by atoms with E-state index < -0.39 is 6.10 Å². The largest absolute Gasteiger partial charge is 0.459 e. The molecule has 0 radical (unpaired) electrons. The summed E-state index contributed by atoms with van der Waals surface area (Å²) in [5, 5.41) is 24.7. The number of esters is 1. The minimum atomic E-state index is -0.809. The predicted molar refractivity (Wildman–Crippen MR) is 97.8 cm³/mol. The van der Waals surface area contributed by atoms with Crippen molar-refractivity contribution in [1.29, 1.82) is 0 Å². The van der Waals surface area contributed by atoms with Crippen molar-refractivity contribution in [1.82, 2.24) is 5.32 Å². The second kappa shape index (κ2) is 7.72. The standard InChI is InChI=1S/C19H30N2O4/c1-18(2)9-16(10-19(3,4)21-18)25-17(24)13-5-7-14(8-6-13)20-11-15(23)12-22/h5-8,15-16,20-23H,9-12H2,1-4H3. The van der Waals surface area contributed by atoms with Crippen molar-refractivity contribution >= 4 is 11.7 Å². The molecule has 1 fully saturated rings. The number of ether oxygens (including phenoxy) is 1. The number of hydrogen-bond donors (Lipinski definition) is 4. The highest BCUT2D eigenvalue weighted by molar-refractivity contribution is 5.90. The van der Waals surface area contributed by atoms with Crippen molar-refractivity contribution in [2.75, 3.05) is 18.5 Å². The first-order valence-electron chi connectivity index (χ1n) is 8.73. The van der Waals surface area contributed by atoms with Crippen molar-refractivity contribution in [2.45, 2.75) is 63.8 Å². The lowest BCUT2D eigenvalue weighted by molar-refractivity contribution is -0.00637. The molecule has 2 rings (SSSR count). The number of nitrogens with one attached hydrogen (secondary N) is 2. The maximum absolute atomic E-state index is 12.4. The van der Waals surface area contributed by atoms with E-state index in [0.29, 0.717) is 5.56 Å². The third kappa shape index (κ3) is 5.99. The number of hydrogen-bond acceptors (Lipinski definition) is 6. The van der Waals surface area contributed by atoms with Crippen LogP contribution < -0.4 is 10.6 Å². The van der Waals surface area contributed by atoms with Gasteiger partial charge in [-0.1, -0.05) is 0 Å². The van der Waals surface area contributed by atoms with Gasteiger partial charge in [0.2, 0.25) is 0 Å². The zero-order valence-electron chi connectivity index (χ0n) is 15.5. The molecule has 140 valence electrons. The predicted octanol–water partition coefficient (Wildman–Crippen LogP) is 1.92. The van der Waals surface area contributed by atoms with Crippen molar-refractivity contribution in [3.8, 4) is 0 Å². The number of benzene rings is 1. The zero-order valence-corrected chi connectivity index (χ0v) is 15.5. The van der Waals surface area contributed by atoms with Gasteiger partial charge in [0.25, 0.3) is 0 Å². The van der Waals surface area contributed by atoms with E-state index in [9.17, 15) is 9.90 Å². The van der Waals surface area contributed by atoms with E-state index in [1.165, 1.54) is 0 Å². The van der Waals surface area contributed by atoms with Crippen molar-refractivity contribution in [3.63, 3.8) is 0 Å². The molecule has 1 aromatic rings. The molecule has 0 aliphatic carbocycles. The first-order valence-corrected chi connectivity index (χ1v) is 8.73. The molecule has 0 amide bonds. The Hall–Kier alpha value is -1.63. The smallest absolute Gasteiger partial charge is 0.338 e. The highest BCUT2D eigenvalue weighted by Crippen LogP contribution is 2.30. The van der Waals surface area contributed by atoms with Crippen LogP contribution in [0.5, 0.6) is 0 Å². The fourth-order valence-corrected chi connectivity index (χ4v) is 3.56. The molecule has 0 aromatic heterocycles. The van der Waals surface area contributed by atoms with E-state index in [1.807, 2.05) is 0 Å². The van der Waals surface area contributed by atoms with Gasteiger partial charge in [-0.15, -0.1) is 0 Å². The Bertz CT molecular complexity index is 568. The summed E-state index contributed by atoms with van der Waals surface area (Å²) in [6.45, 7) is 8.44. The van der Waals surface area contributed by atoms with Crippen LogP contribution >= 0.6 is 0 Å². The molecule has 1 saturated heterocycles. The molecule has 6 nitrogen and oxygen atoms in total. The highest BCUT2D eigenvalue weighted by atomic mass is 16.5. The van der Waals surface area contributed by atoms with Gasteiger partial charge in [0.15, 0.2) is 0 Å². The van der Waals surface area contributed by atoms with E-state index in [4.69, 9.17) is 9.84 Å². The number of anilines is 1. The van der Waals surface area contributed by atoms with Crippen LogP contribution in [0.3, 0.4) is 0 Å². The number of aliphatic hydroxyl groups is 2. The lowest BCUT2D eigenvalue weighted by Crippen LogP contribution is -2.59. The Morgan fingerprint density at radius 2 is 1.80 bits per heavy atom. The molecule has 4 N–H and O–H groups in total. The van der Waals surface area contributed by atoms with Crippen LogP contribution in [0.4, 0.5) is 5.69 Å². The van der Waals surface area contributed by atoms with E-state index in [2.05, 4.69) is 38.3 Å². The van der Waals surface area contributed by atoms with E-state index >= 15 is 0 Å². The number of aliphatic hydroxyl groups excluding tert-OH is 2. The number of rotatable bonds is 6. The first-order chi connectivity index (χ1) is 11.6. The van der Waals surface area contributed by atoms with Gasteiger partial charge in [-0.3, -0.25) is 0 Å². The molecule has 1 aliphatic heterocycles. The lowest BCUT2D eigenvalue weighted by Gasteiger charge is -2.45. The molecule has 0 bridgehead atoms. The lowest BCUT2D eigenvalue weighted by atomic mass is 9.81. The molecule has 1 aliphatic rings. The maximum atomic E-state index is 12.4. The van der Waals surface area contributed by atoms with E-state index in [1.54, 1.807) is 24.3 Å². The topological polar surface area (TPSA) is 90.8 Å². The summed E-state index contributed by atoms with van der Waals surface area (Å²) in [5.41, 5.74) is 1.12.